The van der Waals surface area contributed by atoms with Gasteiger partial charge in [0.1, 0.15) is 5.82 Å². The first-order valence-corrected chi connectivity index (χ1v) is 3.19. The van der Waals surface area contributed by atoms with Gasteiger partial charge in [0.15, 0.2) is 0 Å². The van der Waals surface area contributed by atoms with Crippen molar-refractivity contribution < 1.29 is 9.60 Å². The van der Waals surface area contributed by atoms with Gasteiger partial charge in [0, 0.05) is 7.05 Å². The Bertz CT molecular complexity index is 222. The molecule has 1 heterocycles. The van der Waals surface area contributed by atoms with Crippen molar-refractivity contribution in [3.05, 3.63) is 29.8 Å². The van der Waals surface area contributed by atoms with E-state index in [0.717, 1.165) is 11.3 Å². The van der Waals surface area contributed by atoms with Gasteiger partial charge in [-0.05, 0) is 12.1 Å². The first-order chi connectivity index (χ1) is 5.18. The minimum absolute atomic E-state index is 0.306. The summed E-state index contributed by atoms with van der Waals surface area (Å²) in [4.78, 5) is 3.74. The molecule has 0 radical (unpaired) electrons. The minimum Gasteiger partial charge on any atom is -0.314 e. The highest BCUT2D eigenvalue weighted by Gasteiger charge is 1.96. The molecule has 3 nitrogen and oxygen atoms in total. The highest BCUT2D eigenvalue weighted by Crippen LogP contribution is 1.99. The molecule has 0 atom stereocenters. The number of rotatable bonds is 2. The molecule has 0 aromatic carbocycles. The molecule has 11 heavy (non-hydrogen) atoms. The highest BCUT2D eigenvalue weighted by atomic mass is 19.1. The lowest BCUT2D eigenvalue weighted by atomic mass is 10.3. The molecule has 1 aromatic heterocycles. The van der Waals surface area contributed by atoms with Crippen LogP contribution in [0.3, 0.4) is 0 Å². The molecule has 4 heteroatoms. The van der Waals surface area contributed by atoms with Crippen molar-refractivity contribution >= 4 is 0 Å². The average molecular weight is 156 g/mol. The summed E-state index contributed by atoms with van der Waals surface area (Å²) in [6.45, 7) is 0.306. The van der Waals surface area contributed by atoms with Gasteiger partial charge in [-0.25, -0.2) is 4.39 Å². The predicted molar refractivity (Wildman–Crippen MR) is 37.4 cm³/mol. The number of hydroxylamine groups is 2. The van der Waals surface area contributed by atoms with Gasteiger partial charge in [-0.1, -0.05) is 0 Å². The number of nitrogens with zero attached hydrogens (tertiary/aromatic N) is 2. The second-order valence-electron chi connectivity index (χ2n) is 2.28. The zero-order chi connectivity index (χ0) is 8.27. The van der Waals surface area contributed by atoms with Crippen LogP contribution in [0.2, 0.25) is 0 Å². The van der Waals surface area contributed by atoms with E-state index in [0.29, 0.717) is 12.2 Å². The summed E-state index contributed by atoms with van der Waals surface area (Å²) in [7, 11) is 1.50. The Hall–Kier alpha value is -1.00. The van der Waals surface area contributed by atoms with Crippen molar-refractivity contribution in [3.63, 3.8) is 0 Å². The summed E-state index contributed by atoms with van der Waals surface area (Å²) < 4.78 is 12.3. The summed E-state index contributed by atoms with van der Waals surface area (Å²) in [5.41, 5.74) is 0.636. The van der Waals surface area contributed by atoms with Crippen LogP contribution < -0.4 is 0 Å². The Balaban J connectivity index is 2.66. The Morgan fingerprint density at radius 1 is 1.64 bits per heavy atom. The molecule has 1 N–H and O–H groups in total. The molecule has 0 aliphatic heterocycles. The molecule has 0 spiro atoms. The molecule has 0 aliphatic carbocycles. The Labute approximate surface area is 64.1 Å². The van der Waals surface area contributed by atoms with E-state index < -0.39 is 0 Å². The Morgan fingerprint density at radius 3 is 2.82 bits per heavy atom. The Kier molecular flexibility index (Phi) is 2.51. The topological polar surface area (TPSA) is 36.4 Å². The maximum atomic E-state index is 12.3. The molecule has 60 valence electrons. The second kappa shape index (κ2) is 3.41. The number of pyridine rings is 1. The molecule has 0 saturated carbocycles. The van der Waals surface area contributed by atoms with Crippen molar-refractivity contribution in [3.8, 4) is 0 Å². The highest BCUT2D eigenvalue weighted by molar-refractivity contribution is 5.04. The van der Waals surface area contributed by atoms with Crippen molar-refractivity contribution in [2.75, 3.05) is 7.05 Å². The molecule has 0 aliphatic rings. The standard InChI is InChI=1S/C7H9FN2O/c1-10(11)5-7-3-2-6(8)4-9-7/h2-4,11H,5H2,1H3. The summed E-state index contributed by atoms with van der Waals surface area (Å²) in [6, 6.07) is 2.84. The van der Waals surface area contributed by atoms with Gasteiger partial charge in [0.05, 0.1) is 18.4 Å². The van der Waals surface area contributed by atoms with Gasteiger partial charge in [0.2, 0.25) is 0 Å². The summed E-state index contributed by atoms with van der Waals surface area (Å²) in [6.07, 6.45) is 1.12. The van der Waals surface area contributed by atoms with Gasteiger partial charge in [0.25, 0.3) is 0 Å². The summed E-state index contributed by atoms with van der Waals surface area (Å²) in [5, 5.41) is 9.76. The van der Waals surface area contributed by atoms with Crippen molar-refractivity contribution in [2.24, 2.45) is 0 Å². The van der Waals surface area contributed by atoms with Crippen LogP contribution in [0.4, 0.5) is 4.39 Å². The fourth-order valence-corrected chi connectivity index (χ4v) is 0.734. The third-order valence-corrected chi connectivity index (χ3v) is 1.18. The predicted octanol–water partition coefficient (Wildman–Crippen LogP) is 1.04. The fourth-order valence-electron chi connectivity index (χ4n) is 0.734. The van der Waals surface area contributed by atoms with E-state index in [1.54, 1.807) is 0 Å². The number of aromatic nitrogens is 1. The smallest absolute Gasteiger partial charge is 0.141 e. The van der Waals surface area contributed by atoms with Crippen molar-refractivity contribution in [1.29, 1.82) is 0 Å². The van der Waals surface area contributed by atoms with Crippen LogP contribution in [-0.2, 0) is 6.54 Å². The lowest BCUT2D eigenvalue weighted by Gasteiger charge is -2.05. The van der Waals surface area contributed by atoms with Crippen LogP contribution in [0.1, 0.15) is 5.69 Å². The van der Waals surface area contributed by atoms with Gasteiger partial charge in [-0.3, -0.25) is 4.98 Å². The molecule has 1 rings (SSSR count). The molecular formula is C7H9FN2O. The lowest BCUT2D eigenvalue weighted by molar-refractivity contribution is -0.0740. The zero-order valence-corrected chi connectivity index (χ0v) is 6.16. The van der Waals surface area contributed by atoms with Crippen LogP contribution in [0.5, 0.6) is 0 Å². The molecule has 0 bridgehead atoms. The van der Waals surface area contributed by atoms with Crippen LogP contribution in [0.25, 0.3) is 0 Å². The maximum absolute atomic E-state index is 12.3. The first-order valence-electron chi connectivity index (χ1n) is 3.19. The number of hydrogen-bond acceptors (Lipinski definition) is 3. The minimum atomic E-state index is -0.366. The quantitative estimate of drug-likeness (QED) is 0.650. The average Bonchev–Trinajstić information content (AvgIpc) is 1.93. The van der Waals surface area contributed by atoms with Gasteiger partial charge >= 0.3 is 0 Å². The van der Waals surface area contributed by atoms with E-state index in [-0.39, 0.29) is 5.82 Å². The number of halogens is 1. The van der Waals surface area contributed by atoms with Crippen molar-refractivity contribution in [2.45, 2.75) is 6.54 Å². The molecule has 1 aromatic rings. The number of hydrogen-bond donors (Lipinski definition) is 1. The van der Waals surface area contributed by atoms with Crippen LogP contribution in [-0.4, -0.2) is 22.3 Å². The van der Waals surface area contributed by atoms with Crippen molar-refractivity contribution in [1.82, 2.24) is 10.0 Å². The van der Waals surface area contributed by atoms with E-state index in [1.807, 2.05) is 0 Å². The Morgan fingerprint density at radius 2 is 2.36 bits per heavy atom. The second-order valence-corrected chi connectivity index (χ2v) is 2.28. The van der Waals surface area contributed by atoms with E-state index in [1.165, 1.54) is 19.2 Å². The van der Waals surface area contributed by atoms with Crippen LogP contribution in [0.15, 0.2) is 18.3 Å². The van der Waals surface area contributed by atoms with Gasteiger partial charge in [-0.15, -0.1) is 0 Å². The van der Waals surface area contributed by atoms with Gasteiger partial charge in [-0.2, -0.15) is 5.06 Å². The third-order valence-electron chi connectivity index (χ3n) is 1.18. The molecular weight excluding hydrogens is 147 g/mol. The van der Waals surface area contributed by atoms with Crippen LogP contribution >= 0.6 is 0 Å². The maximum Gasteiger partial charge on any atom is 0.141 e. The largest absolute Gasteiger partial charge is 0.314 e. The van der Waals surface area contributed by atoms with E-state index in [4.69, 9.17) is 5.21 Å². The van der Waals surface area contributed by atoms with E-state index in [9.17, 15) is 4.39 Å². The fraction of sp³-hybridized carbons (Fsp3) is 0.286. The van der Waals surface area contributed by atoms with E-state index >= 15 is 0 Å². The lowest BCUT2D eigenvalue weighted by Crippen LogP contribution is -2.12. The van der Waals surface area contributed by atoms with Crippen LogP contribution in [0, 0.1) is 5.82 Å². The van der Waals surface area contributed by atoms with E-state index in [2.05, 4.69) is 4.98 Å². The van der Waals surface area contributed by atoms with Gasteiger partial charge < -0.3 is 5.21 Å². The molecule has 0 fully saturated rings. The molecule has 0 amide bonds. The molecule has 0 unspecified atom stereocenters. The zero-order valence-electron chi connectivity index (χ0n) is 6.16. The third kappa shape index (κ3) is 2.61. The summed E-state index contributed by atoms with van der Waals surface area (Å²) >= 11 is 0. The monoisotopic (exact) mass is 156 g/mol. The SMILES string of the molecule is CN(O)Cc1ccc(F)cn1. The first kappa shape index (κ1) is 8.10. The summed E-state index contributed by atoms with van der Waals surface area (Å²) in [5.74, 6) is -0.366. The normalized spacial score (nSPS) is 10.5. The molecule has 0 saturated heterocycles.